The third-order valence-electron chi connectivity index (χ3n) is 8.10. The number of ether oxygens (including phenoxy) is 1. The van der Waals surface area contributed by atoms with Crippen molar-refractivity contribution < 1.29 is 14.6 Å². The van der Waals surface area contributed by atoms with E-state index in [1.165, 1.54) is 4.57 Å². The maximum absolute atomic E-state index is 12.8. The van der Waals surface area contributed by atoms with Gasteiger partial charge < -0.3 is 30.4 Å². The summed E-state index contributed by atoms with van der Waals surface area (Å²) in [4.78, 5) is 38.7. The number of hydrogen-bond acceptors (Lipinski definition) is 10. The van der Waals surface area contributed by atoms with Crippen molar-refractivity contribution >= 4 is 23.0 Å². The number of nitrogens with one attached hydrogen (secondary N) is 2. The Morgan fingerprint density at radius 2 is 2.00 bits per heavy atom. The number of anilines is 1. The van der Waals surface area contributed by atoms with Crippen molar-refractivity contribution in [3.8, 4) is 6.01 Å². The predicted molar refractivity (Wildman–Crippen MR) is 154 cm³/mol. The van der Waals surface area contributed by atoms with Gasteiger partial charge in [-0.2, -0.15) is 9.97 Å². The van der Waals surface area contributed by atoms with Crippen molar-refractivity contribution in [2.24, 2.45) is 0 Å². The molecule has 0 spiro atoms. The number of aromatic amines is 1. The first kappa shape index (κ1) is 27.8. The van der Waals surface area contributed by atoms with Crippen molar-refractivity contribution in [1.29, 1.82) is 0 Å². The van der Waals surface area contributed by atoms with Crippen molar-refractivity contribution in [3.63, 3.8) is 0 Å². The molecule has 42 heavy (non-hydrogen) atoms. The zero-order valence-electron chi connectivity index (χ0n) is 23.7. The molecule has 0 radical (unpaired) electrons. The fourth-order valence-electron chi connectivity index (χ4n) is 5.80. The van der Waals surface area contributed by atoms with Gasteiger partial charge in [0.25, 0.3) is 0 Å². The quantitative estimate of drug-likeness (QED) is 0.202. The molecule has 2 aliphatic rings. The van der Waals surface area contributed by atoms with Crippen molar-refractivity contribution in [2.75, 3.05) is 32.0 Å². The van der Waals surface area contributed by atoms with E-state index in [-0.39, 0.29) is 29.6 Å². The Morgan fingerprint density at radius 3 is 2.79 bits per heavy atom. The van der Waals surface area contributed by atoms with Gasteiger partial charge in [-0.25, -0.2) is 9.59 Å². The first-order valence-electron chi connectivity index (χ1n) is 14.5. The second-order valence-electron chi connectivity index (χ2n) is 11.0. The number of unbranched alkanes of at least 4 members (excludes halogenated alkanes) is 1. The summed E-state index contributed by atoms with van der Waals surface area (Å²) in [5.41, 5.74) is 7.72. The lowest BCUT2D eigenvalue weighted by molar-refractivity contribution is 0.0695. The summed E-state index contributed by atoms with van der Waals surface area (Å²) >= 11 is 0. The fourth-order valence-corrected chi connectivity index (χ4v) is 5.80. The Balaban J connectivity index is 1.17. The van der Waals surface area contributed by atoms with Gasteiger partial charge in [0.05, 0.1) is 25.3 Å². The van der Waals surface area contributed by atoms with Gasteiger partial charge in [-0.1, -0.05) is 25.5 Å². The Bertz CT molecular complexity index is 1650. The highest BCUT2D eigenvalue weighted by molar-refractivity contribution is 5.90. The Labute approximate surface area is 241 Å². The molecular weight excluding hydrogens is 540 g/mol. The summed E-state index contributed by atoms with van der Waals surface area (Å²) in [6.45, 7) is 7.51. The molecule has 5 heterocycles. The standard InChI is InChI=1S/C28H36N10O4/c1-2-3-12-42-27-32-23(29)22-25(33-27)38(28(41)31-22)16-19-5-4-17(13-20(19)26(39)40)15-36-9-6-18(7-10-36)24-35-34-21-14-30-8-11-37(21)24/h4-5,13,18,30H,2-3,6-12,14-16H2,1H3,(H,31,41)(H,39,40)(H2,29,32,33). The number of carboxylic acids is 1. The van der Waals surface area contributed by atoms with E-state index >= 15 is 0 Å². The minimum atomic E-state index is -1.05. The molecule has 0 atom stereocenters. The summed E-state index contributed by atoms with van der Waals surface area (Å²) in [6.07, 6.45) is 3.74. The van der Waals surface area contributed by atoms with Crippen LogP contribution in [-0.2, 0) is 26.2 Å². The molecule has 1 saturated heterocycles. The van der Waals surface area contributed by atoms with Gasteiger partial charge in [0.1, 0.15) is 17.2 Å². The Kier molecular flexibility index (Phi) is 7.89. The lowest BCUT2D eigenvalue weighted by Gasteiger charge is -2.32. The van der Waals surface area contributed by atoms with Crippen molar-refractivity contribution in [1.82, 2.24) is 44.5 Å². The SMILES string of the molecule is CCCCOc1nc(N)c2[nH]c(=O)n(Cc3ccc(CN4CCC(c5nnc6n5CCNC6)CC4)cc3C(=O)O)c2n1. The number of carboxylic acid groups (broad SMARTS) is 1. The molecule has 0 amide bonds. The van der Waals surface area contributed by atoms with Crippen LogP contribution in [0.2, 0.25) is 0 Å². The number of likely N-dealkylation sites (tertiary alicyclic amines) is 1. The number of nitrogen functional groups attached to an aromatic ring is 1. The third kappa shape index (κ3) is 5.59. The van der Waals surface area contributed by atoms with E-state index in [2.05, 4.69) is 39.9 Å². The first-order chi connectivity index (χ1) is 20.4. The number of carbonyl (C=O) groups is 1. The van der Waals surface area contributed by atoms with E-state index in [9.17, 15) is 14.7 Å². The maximum atomic E-state index is 12.8. The summed E-state index contributed by atoms with van der Waals surface area (Å²) in [5.74, 6) is 1.51. The number of aromatic nitrogens is 7. The van der Waals surface area contributed by atoms with Gasteiger partial charge >= 0.3 is 17.7 Å². The average molecular weight is 577 g/mol. The Morgan fingerprint density at radius 1 is 1.17 bits per heavy atom. The molecule has 4 aromatic rings. The van der Waals surface area contributed by atoms with Gasteiger partial charge in [-0.3, -0.25) is 9.47 Å². The Hall–Kier alpha value is -4.30. The lowest BCUT2D eigenvalue weighted by Crippen LogP contribution is -2.34. The number of fused-ring (bicyclic) bond motifs is 2. The van der Waals surface area contributed by atoms with Crippen LogP contribution in [0.25, 0.3) is 11.2 Å². The number of rotatable bonds is 10. The smallest absolute Gasteiger partial charge is 0.336 e. The van der Waals surface area contributed by atoms with E-state index in [0.29, 0.717) is 30.1 Å². The number of benzene rings is 1. The number of hydrogen-bond donors (Lipinski definition) is 4. The molecule has 3 aromatic heterocycles. The molecule has 222 valence electrons. The number of aromatic carboxylic acids is 1. The molecule has 1 aromatic carbocycles. The van der Waals surface area contributed by atoms with Crippen LogP contribution in [0, 0.1) is 0 Å². The van der Waals surface area contributed by atoms with Gasteiger partial charge in [-0.15, -0.1) is 10.2 Å². The molecular formula is C28H36N10O4. The van der Waals surface area contributed by atoms with E-state index in [0.717, 1.165) is 75.6 Å². The molecule has 1 fully saturated rings. The van der Waals surface area contributed by atoms with Crippen LogP contribution in [-0.4, -0.2) is 76.5 Å². The highest BCUT2D eigenvalue weighted by atomic mass is 16.5. The second kappa shape index (κ2) is 11.9. The molecule has 0 bridgehead atoms. The topological polar surface area (TPSA) is 182 Å². The van der Waals surface area contributed by atoms with Crippen LogP contribution in [0.3, 0.4) is 0 Å². The van der Waals surface area contributed by atoms with E-state index in [4.69, 9.17) is 10.5 Å². The summed E-state index contributed by atoms with van der Waals surface area (Å²) in [5, 5.41) is 22.3. The van der Waals surface area contributed by atoms with Gasteiger partial charge in [0.15, 0.2) is 11.5 Å². The normalized spacial score (nSPS) is 16.1. The molecule has 14 nitrogen and oxygen atoms in total. The van der Waals surface area contributed by atoms with Crippen LogP contribution < -0.4 is 21.5 Å². The summed E-state index contributed by atoms with van der Waals surface area (Å²) in [7, 11) is 0. The van der Waals surface area contributed by atoms with E-state index in [1.807, 2.05) is 13.0 Å². The molecule has 0 saturated carbocycles. The van der Waals surface area contributed by atoms with Gasteiger partial charge in [0, 0.05) is 25.6 Å². The van der Waals surface area contributed by atoms with Crippen molar-refractivity contribution in [2.45, 2.75) is 64.7 Å². The number of piperidine rings is 1. The van der Waals surface area contributed by atoms with Crippen molar-refractivity contribution in [3.05, 3.63) is 57.0 Å². The second-order valence-corrected chi connectivity index (χ2v) is 11.0. The number of H-pyrrole nitrogens is 1. The maximum Gasteiger partial charge on any atom is 0.336 e. The van der Waals surface area contributed by atoms with Crippen LogP contribution in [0.5, 0.6) is 6.01 Å². The summed E-state index contributed by atoms with van der Waals surface area (Å²) < 4.78 is 9.24. The van der Waals surface area contributed by atoms with Gasteiger partial charge in [-0.05, 0) is 49.5 Å². The zero-order valence-corrected chi connectivity index (χ0v) is 23.7. The average Bonchev–Trinajstić information content (AvgIpc) is 3.56. The fraction of sp³-hybridized carbons (Fsp3) is 0.500. The number of nitrogens with zero attached hydrogens (tertiary/aromatic N) is 7. The lowest BCUT2D eigenvalue weighted by atomic mass is 9.95. The monoisotopic (exact) mass is 576 g/mol. The molecule has 0 unspecified atom stereocenters. The van der Waals surface area contributed by atoms with Crippen LogP contribution in [0.1, 0.15) is 71.7 Å². The number of nitrogens with two attached hydrogens (primary N) is 1. The highest BCUT2D eigenvalue weighted by Gasteiger charge is 2.27. The molecule has 6 rings (SSSR count). The van der Waals surface area contributed by atoms with E-state index < -0.39 is 11.7 Å². The van der Waals surface area contributed by atoms with E-state index in [1.54, 1.807) is 12.1 Å². The van der Waals surface area contributed by atoms with Crippen LogP contribution >= 0.6 is 0 Å². The predicted octanol–water partition coefficient (Wildman–Crippen LogP) is 1.70. The zero-order chi connectivity index (χ0) is 29.2. The van der Waals surface area contributed by atoms with Gasteiger partial charge in [0.2, 0.25) is 0 Å². The minimum absolute atomic E-state index is 0.00911. The minimum Gasteiger partial charge on any atom is -0.478 e. The van der Waals surface area contributed by atoms with Crippen LogP contribution in [0.15, 0.2) is 23.0 Å². The molecule has 2 aliphatic heterocycles. The van der Waals surface area contributed by atoms with Crippen LogP contribution in [0.4, 0.5) is 5.82 Å². The molecule has 0 aliphatic carbocycles. The molecule has 14 heteroatoms. The highest BCUT2D eigenvalue weighted by Crippen LogP contribution is 2.29. The molecule has 5 N–H and O–H groups in total. The summed E-state index contributed by atoms with van der Waals surface area (Å²) in [6, 6.07) is 5.49. The largest absolute Gasteiger partial charge is 0.478 e. The third-order valence-corrected chi connectivity index (χ3v) is 8.10. The first-order valence-corrected chi connectivity index (χ1v) is 14.5. The number of imidazole rings is 1.